The van der Waals surface area contributed by atoms with E-state index in [0.717, 1.165) is 4.57 Å². The Morgan fingerprint density at radius 1 is 1.32 bits per heavy atom. The summed E-state index contributed by atoms with van der Waals surface area (Å²) in [6.45, 7) is -0.567. The molecule has 12 heteroatoms. The molecule has 0 aliphatic carbocycles. The summed E-state index contributed by atoms with van der Waals surface area (Å²) in [5, 5.41) is 18.9. The van der Waals surface area contributed by atoms with Crippen molar-refractivity contribution in [1.82, 2.24) is 9.55 Å². The predicted octanol–water partition coefficient (Wildman–Crippen LogP) is -0.167. The minimum atomic E-state index is -4.74. The molecule has 1 aromatic carbocycles. The van der Waals surface area contributed by atoms with Gasteiger partial charge in [-0.3, -0.25) is 18.9 Å². The molecule has 3 atom stereocenters. The van der Waals surface area contributed by atoms with Crippen LogP contribution < -0.4 is 11.2 Å². The van der Waals surface area contributed by atoms with E-state index in [4.69, 9.17) is 19.8 Å². The van der Waals surface area contributed by atoms with E-state index in [1.807, 2.05) is 6.07 Å². The average molecular weight is 409 g/mol. The minimum absolute atomic E-state index is 0.0477. The van der Waals surface area contributed by atoms with E-state index in [9.17, 15) is 19.3 Å². The van der Waals surface area contributed by atoms with Gasteiger partial charge in [-0.2, -0.15) is 5.26 Å². The standard InChI is InChI=1S/C16H16N3O8P/c17-6-9-1-3-10(4-2-9)11-7-19(16(22)18-15(11)21)14-5-12(20)13(27-14)8-26-28(23,24)25/h1-4,7,12-14,20H,5,8H2,(H,18,21,22)(H2,23,24,25)/t12-,13+,14+/m0/s1. The number of hydrogen-bond acceptors (Lipinski definition) is 7. The van der Waals surface area contributed by atoms with Crippen LogP contribution in [0.15, 0.2) is 40.1 Å². The first-order valence-electron chi connectivity index (χ1n) is 8.07. The smallest absolute Gasteiger partial charge is 0.390 e. The number of aromatic amines is 1. The lowest BCUT2D eigenvalue weighted by atomic mass is 10.1. The number of aliphatic hydroxyl groups excluding tert-OH is 1. The molecule has 0 bridgehead atoms. The zero-order chi connectivity index (χ0) is 20.5. The van der Waals surface area contributed by atoms with Gasteiger partial charge in [-0.15, -0.1) is 0 Å². The highest BCUT2D eigenvalue weighted by Gasteiger charge is 2.37. The maximum Gasteiger partial charge on any atom is 0.469 e. The van der Waals surface area contributed by atoms with Crippen molar-refractivity contribution < 1.29 is 28.7 Å². The molecule has 0 spiro atoms. The van der Waals surface area contributed by atoms with E-state index in [2.05, 4.69) is 9.51 Å². The molecule has 1 fully saturated rings. The molecule has 1 aromatic heterocycles. The summed E-state index contributed by atoms with van der Waals surface area (Å²) in [6.07, 6.45) is -1.94. The number of hydrogen-bond donors (Lipinski definition) is 4. The third-order valence-electron chi connectivity index (χ3n) is 4.21. The molecule has 28 heavy (non-hydrogen) atoms. The molecular formula is C16H16N3O8P. The van der Waals surface area contributed by atoms with Crippen molar-refractivity contribution in [2.24, 2.45) is 0 Å². The van der Waals surface area contributed by atoms with Gasteiger partial charge in [0.25, 0.3) is 5.56 Å². The van der Waals surface area contributed by atoms with Crippen molar-refractivity contribution in [2.45, 2.75) is 24.9 Å². The van der Waals surface area contributed by atoms with Gasteiger partial charge in [0.05, 0.1) is 29.9 Å². The van der Waals surface area contributed by atoms with E-state index in [1.54, 1.807) is 12.1 Å². The second kappa shape index (κ2) is 7.81. The SMILES string of the molecule is N#Cc1ccc(-c2cn([C@H]3C[C@H](O)[C@@H](COP(=O)(O)O)O3)c(=O)[nH]c2=O)cc1. The number of ether oxygens (including phenoxy) is 1. The first kappa shape index (κ1) is 20.2. The zero-order valence-corrected chi connectivity index (χ0v) is 15.2. The molecule has 1 saturated heterocycles. The van der Waals surface area contributed by atoms with Gasteiger partial charge >= 0.3 is 13.5 Å². The van der Waals surface area contributed by atoms with E-state index in [-0.39, 0.29) is 12.0 Å². The molecule has 0 saturated carbocycles. The maximum absolute atomic E-state index is 12.2. The van der Waals surface area contributed by atoms with Crippen LogP contribution in [0.1, 0.15) is 18.2 Å². The first-order valence-corrected chi connectivity index (χ1v) is 9.60. The van der Waals surface area contributed by atoms with Gasteiger partial charge < -0.3 is 19.6 Å². The van der Waals surface area contributed by atoms with Crippen LogP contribution in [0.5, 0.6) is 0 Å². The Balaban J connectivity index is 1.88. The van der Waals surface area contributed by atoms with Gasteiger partial charge in [0.2, 0.25) is 0 Å². The molecule has 11 nitrogen and oxygen atoms in total. The summed E-state index contributed by atoms with van der Waals surface area (Å²) in [7, 11) is -4.74. The molecule has 2 aromatic rings. The van der Waals surface area contributed by atoms with Crippen molar-refractivity contribution >= 4 is 7.82 Å². The Hall–Kier alpha value is -2.58. The Labute approximate surface area is 157 Å². The van der Waals surface area contributed by atoms with Gasteiger partial charge in [-0.05, 0) is 17.7 Å². The number of aliphatic hydroxyl groups is 1. The number of nitriles is 1. The first-order chi connectivity index (χ1) is 13.2. The largest absolute Gasteiger partial charge is 0.469 e. The Morgan fingerprint density at radius 3 is 2.61 bits per heavy atom. The fourth-order valence-corrected chi connectivity index (χ4v) is 3.18. The lowest BCUT2D eigenvalue weighted by Crippen LogP contribution is -2.33. The number of benzene rings is 1. The summed E-state index contributed by atoms with van der Waals surface area (Å²) >= 11 is 0. The normalized spacial score (nSPS) is 22.1. The molecule has 1 aliphatic heterocycles. The number of aromatic nitrogens is 2. The number of phosphoric ester groups is 1. The van der Waals surface area contributed by atoms with Gasteiger partial charge in [0.1, 0.15) is 12.3 Å². The van der Waals surface area contributed by atoms with Crippen LogP contribution in [0.25, 0.3) is 11.1 Å². The molecule has 0 amide bonds. The summed E-state index contributed by atoms with van der Waals surface area (Å²) in [4.78, 5) is 44.0. The number of H-pyrrole nitrogens is 1. The predicted molar refractivity (Wildman–Crippen MR) is 94.0 cm³/mol. The highest BCUT2D eigenvalue weighted by atomic mass is 31.2. The van der Waals surface area contributed by atoms with E-state index in [0.29, 0.717) is 11.1 Å². The second-order valence-electron chi connectivity index (χ2n) is 6.12. The highest BCUT2D eigenvalue weighted by Crippen LogP contribution is 2.38. The average Bonchev–Trinajstić information content (AvgIpc) is 3.00. The van der Waals surface area contributed by atoms with Crippen LogP contribution in [0.2, 0.25) is 0 Å². The Bertz CT molecular complexity index is 1070. The molecule has 3 rings (SSSR count). The van der Waals surface area contributed by atoms with Crippen molar-refractivity contribution in [1.29, 1.82) is 5.26 Å². The monoisotopic (exact) mass is 409 g/mol. The molecular weight excluding hydrogens is 393 g/mol. The topological polar surface area (TPSA) is 175 Å². The molecule has 148 valence electrons. The van der Waals surface area contributed by atoms with Crippen LogP contribution in [-0.2, 0) is 13.8 Å². The fourth-order valence-electron chi connectivity index (χ4n) is 2.84. The Kier molecular flexibility index (Phi) is 5.62. The number of phosphoric acid groups is 1. The van der Waals surface area contributed by atoms with Crippen LogP contribution in [0, 0.1) is 11.3 Å². The summed E-state index contributed by atoms with van der Waals surface area (Å²) in [6, 6.07) is 8.12. The summed E-state index contributed by atoms with van der Waals surface area (Å²) in [5.41, 5.74) is -0.378. The fraction of sp³-hybridized carbons (Fsp3) is 0.312. The van der Waals surface area contributed by atoms with Gasteiger partial charge in [0, 0.05) is 12.6 Å². The molecule has 4 N–H and O–H groups in total. The second-order valence-corrected chi connectivity index (χ2v) is 7.36. The third kappa shape index (κ3) is 4.45. The van der Waals surface area contributed by atoms with Crippen molar-refractivity contribution in [2.75, 3.05) is 6.61 Å². The van der Waals surface area contributed by atoms with Crippen LogP contribution >= 0.6 is 7.82 Å². The van der Waals surface area contributed by atoms with E-state index < -0.39 is 44.1 Å². The third-order valence-corrected chi connectivity index (χ3v) is 4.70. The number of rotatable bonds is 5. The van der Waals surface area contributed by atoms with Crippen LogP contribution in [-0.4, -0.2) is 43.3 Å². The lowest BCUT2D eigenvalue weighted by Gasteiger charge is -2.17. The molecule has 2 heterocycles. The summed E-state index contributed by atoms with van der Waals surface area (Å²) < 4.78 is 21.7. The quantitative estimate of drug-likeness (QED) is 0.489. The molecule has 1 aliphatic rings. The lowest BCUT2D eigenvalue weighted by molar-refractivity contribution is -0.0450. The van der Waals surface area contributed by atoms with Crippen molar-refractivity contribution in [3.8, 4) is 17.2 Å². The van der Waals surface area contributed by atoms with Crippen LogP contribution in [0.4, 0.5) is 0 Å². The zero-order valence-electron chi connectivity index (χ0n) is 14.3. The van der Waals surface area contributed by atoms with Gasteiger partial charge in [-0.1, -0.05) is 12.1 Å². The molecule has 0 unspecified atom stereocenters. The van der Waals surface area contributed by atoms with Crippen molar-refractivity contribution in [3.05, 3.63) is 56.9 Å². The maximum atomic E-state index is 12.2. The highest BCUT2D eigenvalue weighted by molar-refractivity contribution is 7.46. The van der Waals surface area contributed by atoms with E-state index in [1.165, 1.54) is 18.3 Å². The van der Waals surface area contributed by atoms with Gasteiger partial charge in [0.15, 0.2) is 0 Å². The van der Waals surface area contributed by atoms with Crippen LogP contribution in [0.3, 0.4) is 0 Å². The van der Waals surface area contributed by atoms with Gasteiger partial charge in [-0.25, -0.2) is 9.36 Å². The summed E-state index contributed by atoms with van der Waals surface area (Å²) in [5.74, 6) is 0. The number of nitrogens with one attached hydrogen (secondary N) is 1. The van der Waals surface area contributed by atoms with Crippen molar-refractivity contribution in [3.63, 3.8) is 0 Å². The minimum Gasteiger partial charge on any atom is -0.390 e. The number of nitrogens with zero attached hydrogens (tertiary/aromatic N) is 2. The molecule has 0 radical (unpaired) electrons. The Morgan fingerprint density at radius 2 is 2.00 bits per heavy atom. The van der Waals surface area contributed by atoms with E-state index >= 15 is 0 Å².